The topological polar surface area (TPSA) is 60.0 Å². The molecule has 0 saturated heterocycles. The number of nitrogen functional groups attached to an aromatic ring is 1. The molecular weight excluding hydrogens is 202 g/mol. The van der Waals surface area contributed by atoms with Gasteiger partial charge < -0.3 is 15.2 Å². The monoisotopic (exact) mass is 219 g/mol. The molecule has 2 aromatic heterocycles. The molecule has 16 heavy (non-hydrogen) atoms. The number of aromatic nitrogens is 3. The molecule has 2 aromatic rings. The fourth-order valence-corrected chi connectivity index (χ4v) is 1.66. The summed E-state index contributed by atoms with van der Waals surface area (Å²) >= 11 is 0. The molecular formula is C11H17N5. The van der Waals surface area contributed by atoms with Crippen LogP contribution in [0.4, 0.5) is 5.95 Å². The van der Waals surface area contributed by atoms with E-state index in [2.05, 4.69) is 28.8 Å². The Hall–Kier alpha value is -1.62. The normalized spacial score (nSPS) is 11.4. The summed E-state index contributed by atoms with van der Waals surface area (Å²) in [7, 11) is 2.09. The molecule has 5 heteroatoms. The van der Waals surface area contributed by atoms with Gasteiger partial charge in [-0.25, -0.2) is 4.98 Å². The van der Waals surface area contributed by atoms with E-state index in [0.29, 0.717) is 5.95 Å². The van der Waals surface area contributed by atoms with Crippen LogP contribution < -0.4 is 5.73 Å². The molecule has 0 spiro atoms. The molecule has 0 aliphatic heterocycles. The van der Waals surface area contributed by atoms with E-state index in [4.69, 9.17) is 5.73 Å². The van der Waals surface area contributed by atoms with Gasteiger partial charge >= 0.3 is 0 Å². The lowest BCUT2D eigenvalue weighted by Gasteiger charge is -2.14. The molecule has 2 N–H and O–H groups in total. The number of rotatable bonds is 4. The van der Waals surface area contributed by atoms with Gasteiger partial charge in [-0.3, -0.25) is 4.98 Å². The summed E-state index contributed by atoms with van der Waals surface area (Å²) in [5, 5.41) is 0. The Bertz CT molecular complexity index is 476. The average Bonchev–Trinajstić information content (AvgIpc) is 2.62. The minimum absolute atomic E-state index is 0.563. The van der Waals surface area contributed by atoms with Gasteiger partial charge in [-0.1, -0.05) is 6.92 Å². The molecule has 0 amide bonds. The highest BCUT2D eigenvalue weighted by atomic mass is 15.2. The first-order chi connectivity index (χ1) is 7.72. The van der Waals surface area contributed by atoms with Crippen molar-refractivity contribution in [2.24, 2.45) is 0 Å². The molecule has 5 nitrogen and oxygen atoms in total. The largest absolute Gasteiger partial charge is 0.369 e. The van der Waals surface area contributed by atoms with Crippen molar-refractivity contribution in [3.63, 3.8) is 0 Å². The highest BCUT2D eigenvalue weighted by molar-refractivity contribution is 5.76. The second-order valence-electron chi connectivity index (χ2n) is 3.88. The number of hydrogen-bond donors (Lipinski definition) is 1. The predicted molar refractivity (Wildman–Crippen MR) is 65.1 cm³/mol. The molecule has 0 bridgehead atoms. The van der Waals surface area contributed by atoms with Crippen molar-refractivity contribution in [2.75, 3.05) is 25.9 Å². The van der Waals surface area contributed by atoms with Crippen LogP contribution >= 0.6 is 0 Å². The van der Waals surface area contributed by atoms with E-state index in [1.54, 1.807) is 12.4 Å². The van der Waals surface area contributed by atoms with E-state index < -0.39 is 0 Å². The fourth-order valence-electron chi connectivity index (χ4n) is 1.66. The van der Waals surface area contributed by atoms with Gasteiger partial charge in [-0.05, 0) is 19.7 Å². The van der Waals surface area contributed by atoms with Crippen molar-refractivity contribution in [3.8, 4) is 0 Å². The average molecular weight is 219 g/mol. The lowest BCUT2D eigenvalue weighted by molar-refractivity contribution is 0.338. The van der Waals surface area contributed by atoms with Crippen molar-refractivity contribution in [1.82, 2.24) is 19.4 Å². The third kappa shape index (κ3) is 1.99. The molecule has 2 rings (SSSR count). The molecule has 0 atom stereocenters. The number of pyridine rings is 1. The zero-order chi connectivity index (χ0) is 11.5. The standard InChI is InChI=1S/C11H17N5/c1-3-15(2)6-7-16-10-4-5-13-8-9(10)14-11(16)12/h4-5,8H,3,6-7H2,1-2H3,(H2,12,14). The Morgan fingerprint density at radius 3 is 3.06 bits per heavy atom. The first kappa shape index (κ1) is 10.9. The molecule has 0 saturated carbocycles. The highest BCUT2D eigenvalue weighted by Gasteiger charge is 2.07. The molecule has 0 fully saturated rings. The minimum Gasteiger partial charge on any atom is -0.369 e. The molecule has 0 aliphatic carbocycles. The maximum absolute atomic E-state index is 5.89. The van der Waals surface area contributed by atoms with Crippen LogP contribution in [0.15, 0.2) is 18.5 Å². The van der Waals surface area contributed by atoms with Gasteiger partial charge in [0.1, 0.15) is 5.52 Å². The van der Waals surface area contributed by atoms with E-state index in [1.807, 2.05) is 10.6 Å². The van der Waals surface area contributed by atoms with Crippen LogP contribution in [0.25, 0.3) is 11.0 Å². The van der Waals surface area contributed by atoms with Gasteiger partial charge in [-0.2, -0.15) is 0 Å². The minimum atomic E-state index is 0.563. The first-order valence-electron chi connectivity index (χ1n) is 5.46. The maximum Gasteiger partial charge on any atom is 0.201 e. The number of anilines is 1. The zero-order valence-corrected chi connectivity index (χ0v) is 9.72. The summed E-state index contributed by atoms with van der Waals surface area (Å²) in [5.41, 5.74) is 7.80. The summed E-state index contributed by atoms with van der Waals surface area (Å²) < 4.78 is 2.03. The Balaban J connectivity index is 2.26. The van der Waals surface area contributed by atoms with E-state index in [-0.39, 0.29) is 0 Å². The fraction of sp³-hybridized carbons (Fsp3) is 0.455. The number of imidazole rings is 1. The van der Waals surface area contributed by atoms with Crippen LogP contribution in [-0.4, -0.2) is 39.6 Å². The van der Waals surface area contributed by atoms with Gasteiger partial charge in [0, 0.05) is 19.3 Å². The number of nitrogens with two attached hydrogens (primary N) is 1. The van der Waals surface area contributed by atoms with Gasteiger partial charge in [-0.15, -0.1) is 0 Å². The van der Waals surface area contributed by atoms with Crippen LogP contribution in [0.1, 0.15) is 6.92 Å². The molecule has 0 aliphatic rings. The van der Waals surface area contributed by atoms with Gasteiger partial charge in [0.25, 0.3) is 0 Å². The van der Waals surface area contributed by atoms with Gasteiger partial charge in [0.2, 0.25) is 5.95 Å². The van der Waals surface area contributed by atoms with E-state index in [1.165, 1.54) is 0 Å². The van der Waals surface area contributed by atoms with Crippen molar-refractivity contribution in [2.45, 2.75) is 13.5 Å². The van der Waals surface area contributed by atoms with Crippen LogP contribution in [0.3, 0.4) is 0 Å². The number of fused-ring (bicyclic) bond motifs is 1. The number of hydrogen-bond acceptors (Lipinski definition) is 4. The third-order valence-electron chi connectivity index (χ3n) is 2.83. The summed E-state index contributed by atoms with van der Waals surface area (Å²) in [5.74, 6) is 0.563. The van der Waals surface area contributed by atoms with E-state index >= 15 is 0 Å². The summed E-state index contributed by atoms with van der Waals surface area (Å²) in [6.45, 7) is 5.00. The summed E-state index contributed by atoms with van der Waals surface area (Å²) in [4.78, 5) is 10.6. The lowest BCUT2D eigenvalue weighted by atomic mass is 10.4. The predicted octanol–water partition coefficient (Wildman–Crippen LogP) is 0.965. The molecule has 0 unspecified atom stereocenters. The first-order valence-corrected chi connectivity index (χ1v) is 5.46. The smallest absolute Gasteiger partial charge is 0.201 e. The SMILES string of the molecule is CCN(C)CCn1c(N)nc2cnccc21. The van der Waals surface area contributed by atoms with Crippen LogP contribution in [0.5, 0.6) is 0 Å². The summed E-state index contributed by atoms with van der Waals surface area (Å²) in [6.07, 6.45) is 3.51. The van der Waals surface area contributed by atoms with Crippen LogP contribution in [0.2, 0.25) is 0 Å². The second kappa shape index (κ2) is 4.49. The quantitative estimate of drug-likeness (QED) is 0.832. The van der Waals surface area contributed by atoms with Crippen LogP contribution in [-0.2, 0) is 6.54 Å². The molecule has 0 radical (unpaired) electrons. The van der Waals surface area contributed by atoms with E-state index in [9.17, 15) is 0 Å². The summed E-state index contributed by atoms with van der Waals surface area (Å²) in [6, 6.07) is 1.95. The number of likely N-dealkylation sites (N-methyl/N-ethyl adjacent to an activating group) is 1. The Labute approximate surface area is 94.9 Å². The van der Waals surface area contributed by atoms with Crippen molar-refractivity contribution in [3.05, 3.63) is 18.5 Å². The third-order valence-corrected chi connectivity index (χ3v) is 2.83. The van der Waals surface area contributed by atoms with Crippen molar-refractivity contribution < 1.29 is 0 Å². The second-order valence-corrected chi connectivity index (χ2v) is 3.88. The zero-order valence-electron chi connectivity index (χ0n) is 9.72. The van der Waals surface area contributed by atoms with Crippen molar-refractivity contribution in [1.29, 1.82) is 0 Å². The Kier molecular flexibility index (Phi) is 3.05. The number of nitrogens with zero attached hydrogens (tertiary/aromatic N) is 4. The van der Waals surface area contributed by atoms with Crippen molar-refractivity contribution >= 4 is 17.0 Å². The Morgan fingerprint density at radius 1 is 1.50 bits per heavy atom. The highest BCUT2D eigenvalue weighted by Crippen LogP contribution is 2.15. The molecule has 0 aromatic carbocycles. The van der Waals surface area contributed by atoms with Gasteiger partial charge in [0.05, 0.1) is 11.7 Å². The Morgan fingerprint density at radius 2 is 2.31 bits per heavy atom. The maximum atomic E-state index is 5.89. The lowest BCUT2D eigenvalue weighted by Crippen LogP contribution is -2.23. The van der Waals surface area contributed by atoms with E-state index in [0.717, 1.165) is 30.7 Å². The van der Waals surface area contributed by atoms with Gasteiger partial charge in [0.15, 0.2) is 0 Å². The molecule has 86 valence electrons. The molecule has 2 heterocycles. The van der Waals surface area contributed by atoms with Crippen LogP contribution in [0, 0.1) is 0 Å².